The molecule has 2 atom stereocenters. The highest BCUT2D eigenvalue weighted by atomic mass is 16.6. The van der Waals surface area contributed by atoms with Crippen LogP contribution in [0, 0.1) is 17.0 Å². The number of nitro benzene ring substituents is 1. The summed E-state index contributed by atoms with van der Waals surface area (Å²) >= 11 is 0. The number of rotatable bonds is 3. The van der Waals surface area contributed by atoms with Gasteiger partial charge < -0.3 is 15.2 Å². The molecule has 0 aliphatic carbocycles. The quantitative estimate of drug-likeness (QED) is 0.416. The molecule has 0 saturated heterocycles. The highest BCUT2D eigenvalue weighted by Gasteiger charge is 2.36. The molecule has 1 aliphatic heterocycles. The predicted octanol–water partition coefficient (Wildman–Crippen LogP) is 2.78. The Bertz CT molecular complexity index is 1090. The maximum atomic E-state index is 11.7. The van der Waals surface area contributed by atoms with Crippen molar-refractivity contribution in [2.75, 3.05) is 0 Å². The van der Waals surface area contributed by atoms with E-state index in [1.807, 2.05) is 24.3 Å². The topological polar surface area (TPSA) is 128 Å². The number of phenols is 1. The molecular formula is C19H17N3O5. The molecule has 4 rings (SSSR count). The standard InChI is InChI=1S/C19H17N3O5/c1-9-6-10(22(26)27)7-13(18(9)23)17-16-12(8-15(21-17)19(24)25)11-4-2-3-5-14(11)20-16/h2-7,15,17,20-21,23H,8H2,1H3,(H,24,25)/t15-,17-/m1/s1. The third-order valence-corrected chi connectivity index (χ3v) is 5.05. The van der Waals surface area contributed by atoms with Crippen molar-refractivity contribution < 1.29 is 19.9 Å². The Morgan fingerprint density at radius 2 is 2.04 bits per heavy atom. The summed E-state index contributed by atoms with van der Waals surface area (Å²) in [5.41, 5.74) is 2.88. The first-order chi connectivity index (χ1) is 12.9. The summed E-state index contributed by atoms with van der Waals surface area (Å²) < 4.78 is 0. The second-order valence-corrected chi connectivity index (χ2v) is 6.72. The average Bonchev–Trinajstić information content (AvgIpc) is 3.01. The second-order valence-electron chi connectivity index (χ2n) is 6.72. The molecule has 0 radical (unpaired) electrons. The van der Waals surface area contributed by atoms with Crippen molar-refractivity contribution in [2.24, 2.45) is 0 Å². The maximum absolute atomic E-state index is 11.7. The van der Waals surface area contributed by atoms with Crippen LogP contribution in [0.2, 0.25) is 0 Å². The van der Waals surface area contributed by atoms with E-state index in [-0.39, 0.29) is 23.4 Å². The summed E-state index contributed by atoms with van der Waals surface area (Å²) in [6.45, 7) is 1.58. The Morgan fingerprint density at radius 1 is 1.30 bits per heavy atom. The van der Waals surface area contributed by atoms with Gasteiger partial charge in [0.1, 0.15) is 11.8 Å². The van der Waals surface area contributed by atoms with Gasteiger partial charge in [-0.25, -0.2) is 0 Å². The number of phenolic OH excluding ortho intramolecular Hbond substituents is 1. The zero-order chi connectivity index (χ0) is 19.3. The lowest BCUT2D eigenvalue weighted by Crippen LogP contribution is -2.45. The minimum absolute atomic E-state index is 0.0891. The first-order valence-corrected chi connectivity index (χ1v) is 8.43. The van der Waals surface area contributed by atoms with Crippen molar-refractivity contribution in [1.29, 1.82) is 0 Å². The number of aliphatic carboxylic acids is 1. The summed E-state index contributed by atoms with van der Waals surface area (Å²) in [6.07, 6.45) is 0.278. The third kappa shape index (κ3) is 2.70. The van der Waals surface area contributed by atoms with Gasteiger partial charge in [0.2, 0.25) is 0 Å². The van der Waals surface area contributed by atoms with E-state index < -0.39 is 23.0 Å². The number of hydrogen-bond acceptors (Lipinski definition) is 5. The molecule has 8 heteroatoms. The van der Waals surface area contributed by atoms with Crippen LogP contribution in [-0.2, 0) is 11.2 Å². The molecule has 0 saturated carbocycles. The number of aromatic nitrogens is 1. The molecule has 27 heavy (non-hydrogen) atoms. The minimum Gasteiger partial charge on any atom is -0.507 e. The van der Waals surface area contributed by atoms with E-state index in [0.29, 0.717) is 11.3 Å². The SMILES string of the molecule is Cc1cc([N+](=O)[O-])cc([C@H]2N[C@@H](C(=O)O)Cc3c2[nH]c2ccccc32)c1O. The van der Waals surface area contributed by atoms with Crippen LogP contribution in [-0.4, -0.2) is 32.1 Å². The van der Waals surface area contributed by atoms with E-state index in [2.05, 4.69) is 10.3 Å². The summed E-state index contributed by atoms with van der Waals surface area (Å²) in [5.74, 6) is -1.11. The van der Waals surface area contributed by atoms with Crippen molar-refractivity contribution >= 4 is 22.6 Å². The number of aromatic amines is 1. The van der Waals surface area contributed by atoms with Crippen molar-refractivity contribution in [3.63, 3.8) is 0 Å². The van der Waals surface area contributed by atoms with Crippen LogP contribution in [0.25, 0.3) is 10.9 Å². The molecule has 4 N–H and O–H groups in total. The van der Waals surface area contributed by atoms with Gasteiger partial charge in [0, 0.05) is 40.7 Å². The molecule has 0 spiro atoms. The Balaban J connectivity index is 1.96. The number of carbonyl (C=O) groups is 1. The highest BCUT2D eigenvalue weighted by Crippen LogP contribution is 2.40. The number of hydrogen-bond donors (Lipinski definition) is 4. The van der Waals surface area contributed by atoms with Crippen LogP contribution in [0.1, 0.15) is 28.4 Å². The van der Waals surface area contributed by atoms with Gasteiger partial charge >= 0.3 is 5.97 Å². The number of nitro groups is 1. The number of carboxylic acids is 1. The summed E-state index contributed by atoms with van der Waals surface area (Å²) in [4.78, 5) is 25.7. The van der Waals surface area contributed by atoms with E-state index in [1.165, 1.54) is 12.1 Å². The molecular weight excluding hydrogens is 350 g/mol. The molecule has 0 unspecified atom stereocenters. The van der Waals surface area contributed by atoms with Crippen LogP contribution >= 0.6 is 0 Å². The molecule has 1 aromatic heterocycles. The van der Waals surface area contributed by atoms with E-state index >= 15 is 0 Å². The lowest BCUT2D eigenvalue weighted by atomic mass is 9.89. The van der Waals surface area contributed by atoms with Gasteiger partial charge in [-0.3, -0.25) is 20.2 Å². The fraction of sp³-hybridized carbons (Fsp3) is 0.211. The second kappa shape index (κ2) is 6.10. The number of aryl methyl sites for hydroxylation is 1. The third-order valence-electron chi connectivity index (χ3n) is 5.05. The number of carboxylic acid groups (broad SMARTS) is 1. The van der Waals surface area contributed by atoms with Gasteiger partial charge in [-0.2, -0.15) is 0 Å². The van der Waals surface area contributed by atoms with Crippen molar-refractivity contribution in [3.05, 3.63) is 68.9 Å². The lowest BCUT2D eigenvalue weighted by molar-refractivity contribution is -0.385. The van der Waals surface area contributed by atoms with Crippen LogP contribution in [0.5, 0.6) is 5.75 Å². The predicted molar refractivity (Wildman–Crippen MR) is 97.9 cm³/mol. The highest BCUT2D eigenvalue weighted by molar-refractivity contribution is 5.87. The fourth-order valence-corrected chi connectivity index (χ4v) is 3.75. The van der Waals surface area contributed by atoms with Crippen molar-refractivity contribution in [3.8, 4) is 5.75 Å². The van der Waals surface area contributed by atoms with Crippen molar-refractivity contribution in [1.82, 2.24) is 10.3 Å². The molecule has 2 heterocycles. The smallest absolute Gasteiger partial charge is 0.321 e. The van der Waals surface area contributed by atoms with Crippen LogP contribution < -0.4 is 5.32 Å². The van der Waals surface area contributed by atoms with Crippen LogP contribution in [0.3, 0.4) is 0 Å². The molecule has 3 aromatic rings. The van der Waals surface area contributed by atoms with Crippen LogP contribution in [0.15, 0.2) is 36.4 Å². The summed E-state index contributed by atoms with van der Waals surface area (Å²) in [7, 11) is 0. The Hall–Kier alpha value is -3.39. The van der Waals surface area contributed by atoms with Crippen molar-refractivity contribution in [2.45, 2.75) is 25.4 Å². The molecule has 0 bridgehead atoms. The number of fused-ring (bicyclic) bond motifs is 3. The van der Waals surface area contributed by atoms with Gasteiger partial charge in [-0.15, -0.1) is 0 Å². The molecule has 138 valence electrons. The number of aromatic hydroxyl groups is 1. The van der Waals surface area contributed by atoms with E-state index in [9.17, 15) is 25.1 Å². The monoisotopic (exact) mass is 367 g/mol. The fourth-order valence-electron chi connectivity index (χ4n) is 3.75. The zero-order valence-electron chi connectivity index (χ0n) is 14.4. The minimum atomic E-state index is -1.02. The maximum Gasteiger partial charge on any atom is 0.321 e. The number of non-ortho nitro benzene ring substituents is 1. The number of nitrogens with zero attached hydrogens (tertiary/aromatic N) is 1. The first kappa shape index (κ1) is 17.0. The normalized spacial score (nSPS) is 19.0. The molecule has 0 amide bonds. The molecule has 1 aliphatic rings. The summed E-state index contributed by atoms with van der Waals surface area (Å²) in [6, 6.07) is 8.54. The molecule has 8 nitrogen and oxygen atoms in total. The first-order valence-electron chi connectivity index (χ1n) is 8.43. The molecule has 0 fully saturated rings. The van der Waals surface area contributed by atoms with Crippen LogP contribution in [0.4, 0.5) is 5.69 Å². The average molecular weight is 367 g/mol. The Morgan fingerprint density at radius 3 is 2.74 bits per heavy atom. The number of nitrogens with one attached hydrogen (secondary N) is 2. The van der Waals surface area contributed by atoms with Gasteiger partial charge in [0.25, 0.3) is 5.69 Å². The number of para-hydroxylation sites is 1. The van der Waals surface area contributed by atoms with Gasteiger partial charge in [-0.05, 0) is 24.1 Å². The van der Waals surface area contributed by atoms with E-state index in [4.69, 9.17) is 0 Å². The number of H-pyrrole nitrogens is 1. The number of benzene rings is 2. The van der Waals surface area contributed by atoms with Gasteiger partial charge in [0.05, 0.1) is 11.0 Å². The zero-order valence-corrected chi connectivity index (χ0v) is 14.4. The Labute approximate surface area is 153 Å². The van der Waals surface area contributed by atoms with Gasteiger partial charge in [-0.1, -0.05) is 18.2 Å². The lowest BCUT2D eigenvalue weighted by Gasteiger charge is -2.30. The largest absolute Gasteiger partial charge is 0.507 e. The Kier molecular flexibility index (Phi) is 3.85. The summed E-state index contributed by atoms with van der Waals surface area (Å²) in [5, 5.41) is 35.3. The van der Waals surface area contributed by atoms with E-state index in [1.54, 1.807) is 6.92 Å². The van der Waals surface area contributed by atoms with Gasteiger partial charge in [0.15, 0.2) is 0 Å². The van der Waals surface area contributed by atoms with E-state index in [0.717, 1.165) is 16.5 Å². The molecule has 2 aromatic carbocycles.